The van der Waals surface area contributed by atoms with Crippen molar-refractivity contribution in [2.24, 2.45) is 0 Å². The van der Waals surface area contributed by atoms with E-state index in [0.29, 0.717) is 16.3 Å². The zero-order valence-electron chi connectivity index (χ0n) is 9.98. The Morgan fingerprint density at radius 1 is 1.65 bits per heavy atom. The second-order valence-electron chi connectivity index (χ2n) is 3.97. The van der Waals surface area contributed by atoms with Gasteiger partial charge < -0.3 is 10.2 Å². The van der Waals surface area contributed by atoms with Crippen molar-refractivity contribution in [2.75, 3.05) is 26.0 Å². The Balaban J connectivity index is 2.70. The molecule has 0 radical (unpaired) electrons. The highest BCUT2D eigenvalue weighted by atomic mass is 79.9. The smallest absolute Gasteiger partial charge is 0.288 e. The minimum absolute atomic E-state index is 0.0249. The van der Waals surface area contributed by atoms with Gasteiger partial charge in [0, 0.05) is 18.7 Å². The standard InChI is InChI=1S/C10H15BrN4O2/c1-7(14(2)3)5-12-10-9(11)4-8(6-13-10)15(16)17/h4,6-7H,5H2,1-3H3,(H,12,13). The highest BCUT2D eigenvalue weighted by Gasteiger charge is 2.11. The molecular formula is C10H15BrN4O2. The molecule has 0 saturated heterocycles. The van der Waals surface area contributed by atoms with Gasteiger partial charge in [0.1, 0.15) is 12.0 Å². The molecule has 1 heterocycles. The summed E-state index contributed by atoms with van der Waals surface area (Å²) < 4.78 is 0.595. The highest BCUT2D eigenvalue weighted by molar-refractivity contribution is 9.10. The second kappa shape index (κ2) is 5.92. The Morgan fingerprint density at radius 2 is 2.29 bits per heavy atom. The molecule has 0 aliphatic heterocycles. The van der Waals surface area contributed by atoms with E-state index in [4.69, 9.17) is 0 Å². The van der Waals surface area contributed by atoms with E-state index < -0.39 is 4.92 Å². The first kappa shape index (κ1) is 13.9. The second-order valence-corrected chi connectivity index (χ2v) is 4.83. The monoisotopic (exact) mass is 302 g/mol. The first-order valence-electron chi connectivity index (χ1n) is 5.12. The van der Waals surface area contributed by atoms with Crippen LogP contribution in [0.3, 0.4) is 0 Å². The topological polar surface area (TPSA) is 71.3 Å². The summed E-state index contributed by atoms with van der Waals surface area (Å²) >= 11 is 3.26. The molecule has 1 atom stereocenters. The van der Waals surface area contributed by atoms with Crippen LogP contribution >= 0.6 is 15.9 Å². The third-order valence-corrected chi connectivity index (χ3v) is 3.09. The summed E-state index contributed by atoms with van der Waals surface area (Å²) in [5.74, 6) is 0.615. The zero-order valence-corrected chi connectivity index (χ0v) is 11.6. The summed E-state index contributed by atoms with van der Waals surface area (Å²) in [6, 6.07) is 1.79. The van der Waals surface area contributed by atoms with Crippen LogP contribution in [-0.2, 0) is 0 Å². The SMILES string of the molecule is CC(CNc1ncc([N+](=O)[O-])cc1Br)N(C)C. The molecule has 17 heavy (non-hydrogen) atoms. The van der Waals surface area contributed by atoms with Crippen molar-refractivity contribution in [3.8, 4) is 0 Å². The van der Waals surface area contributed by atoms with Crippen LogP contribution in [0.25, 0.3) is 0 Å². The summed E-state index contributed by atoms with van der Waals surface area (Å²) in [5, 5.41) is 13.7. The van der Waals surface area contributed by atoms with Crippen molar-refractivity contribution in [1.82, 2.24) is 9.88 Å². The van der Waals surface area contributed by atoms with Gasteiger partial charge in [0.05, 0.1) is 9.40 Å². The normalized spacial score (nSPS) is 12.5. The maximum absolute atomic E-state index is 10.5. The molecule has 1 aromatic heterocycles. The van der Waals surface area contributed by atoms with Gasteiger partial charge in [-0.15, -0.1) is 0 Å². The average molecular weight is 303 g/mol. The number of rotatable bonds is 5. The summed E-state index contributed by atoms with van der Waals surface area (Å²) in [6.07, 6.45) is 1.24. The fourth-order valence-electron chi connectivity index (χ4n) is 1.08. The Bertz CT molecular complexity index is 411. The van der Waals surface area contributed by atoms with E-state index in [1.54, 1.807) is 0 Å². The largest absolute Gasteiger partial charge is 0.368 e. The van der Waals surface area contributed by atoms with Crippen LogP contribution in [0.4, 0.5) is 11.5 Å². The van der Waals surface area contributed by atoms with Crippen molar-refractivity contribution in [3.63, 3.8) is 0 Å². The van der Waals surface area contributed by atoms with E-state index in [9.17, 15) is 10.1 Å². The number of hydrogen-bond acceptors (Lipinski definition) is 5. The van der Waals surface area contributed by atoms with E-state index in [0.717, 1.165) is 6.54 Å². The van der Waals surface area contributed by atoms with Gasteiger partial charge in [-0.1, -0.05) is 0 Å². The van der Waals surface area contributed by atoms with Gasteiger partial charge in [-0.2, -0.15) is 0 Å². The van der Waals surface area contributed by atoms with E-state index in [1.165, 1.54) is 12.3 Å². The number of pyridine rings is 1. The number of nitro groups is 1. The van der Waals surface area contributed by atoms with Crippen LogP contribution in [0.5, 0.6) is 0 Å². The molecule has 0 fully saturated rings. The number of anilines is 1. The number of likely N-dealkylation sites (N-methyl/N-ethyl adjacent to an activating group) is 1. The van der Waals surface area contributed by atoms with Crippen LogP contribution in [0, 0.1) is 10.1 Å². The predicted octanol–water partition coefficient (Wildman–Crippen LogP) is 2.11. The van der Waals surface area contributed by atoms with Crippen LogP contribution in [0.15, 0.2) is 16.7 Å². The van der Waals surface area contributed by atoms with Gasteiger partial charge in [-0.3, -0.25) is 10.1 Å². The van der Waals surface area contributed by atoms with Crippen molar-refractivity contribution in [1.29, 1.82) is 0 Å². The van der Waals surface area contributed by atoms with E-state index in [1.807, 2.05) is 14.1 Å². The molecule has 0 spiro atoms. The lowest BCUT2D eigenvalue weighted by Gasteiger charge is -2.20. The molecule has 0 aromatic carbocycles. The molecular weight excluding hydrogens is 288 g/mol. The Kier molecular flexibility index (Phi) is 4.83. The van der Waals surface area contributed by atoms with E-state index in [2.05, 4.69) is 38.1 Å². The lowest BCUT2D eigenvalue weighted by Crippen LogP contribution is -2.31. The minimum atomic E-state index is -0.468. The number of aromatic nitrogens is 1. The number of nitrogens with zero attached hydrogens (tertiary/aromatic N) is 3. The molecule has 7 heteroatoms. The molecule has 94 valence electrons. The Hall–Kier alpha value is -1.21. The number of hydrogen-bond donors (Lipinski definition) is 1. The maximum atomic E-state index is 10.5. The van der Waals surface area contributed by atoms with Gasteiger partial charge in [0.2, 0.25) is 0 Å². The third kappa shape index (κ3) is 3.94. The molecule has 1 unspecified atom stereocenters. The van der Waals surface area contributed by atoms with Crippen molar-refractivity contribution >= 4 is 27.4 Å². The average Bonchev–Trinajstić information content (AvgIpc) is 2.26. The fraction of sp³-hybridized carbons (Fsp3) is 0.500. The van der Waals surface area contributed by atoms with Crippen molar-refractivity contribution in [2.45, 2.75) is 13.0 Å². The Morgan fingerprint density at radius 3 is 2.76 bits per heavy atom. The van der Waals surface area contributed by atoms with E-state index in [-0.39, 0.29) is 5.69 Å². The molecule has 1 N–H and O–H groups in total. The molecule has 1 rings (SSSR count). The molecule has 0 amide bonds. The maximum Gasteiger partial charge on any atom is 0.288 e. The van der Waals surface area contributed by atoms with Crippen molar-refractivity contribution < 1.29 is 4.92 Å². The molecule has 6 nitrogen and oxygen atoms in total. The van der Waals surface area contributed by atoms with Gasteiger partial charge in [0.15, 0.2) is 0 Å². The molecule has 0 bridgehead atoms. The van der Waals surface area contributed by atoms with E-state index >= 15 is 0 Å². The first-order valence-corrected chi connectivity index (χ1v) is 5.91. The molecule has 0 saturated carbocycles. The molecule has 1 aromatic rings. The van der Waals surface area contributed by atoms with Gasteiger partial charge >= 0.3 is 0 Å². The number of halogens is 1. The predicted molar refractivity (Wildman–Crippen MR) is 70.2 cm³/mol. The molecule has 0 aliphatic rings. The van der Waals surface area contributed by atoms with Gasteiger partial charge in [-0.05, 0) is 36.9 Å². The van der Waals surface area contributed by atoms with Crippen LogP contribution in [-0.4, -0.2) is 41.5 Å². The summed E-state index contributed by atoms with van der Waals surface area (Å²) in [5.41, 5.74) is -0.0249. The highest BCUT2D eigenvalue weighted by Crippen LogP contribution is 2.24. The summed E-state index contributed by atoms with van der Waals surface area (Å²) in [6.45, 7) is 2.79. The van der Waals surface area contributed by atoms with Crippen LogP contribution in [0.1, 0.15) is 6.92 Å². The van der Waals surface area contributed by atoms with Crippen molar-refractivity contribution in [3.05, 3.63) is 26.9 Å². The summed E-state index contributed by atoms with van der Waals surface area (Å²) in [4.78, 5) is 16.2. The van der Waals surface area contributed by atoms with Gasteiger partial charge in [0.25, 0.3) is 5.69 Å². The first-order chi connectivity index (χ1) is 7.91. The zero-order chi connectivity index (χ0) is 13.0. The molecule has 0 aliphatic carbocycles. The fourth-order valence-corrected chi connectivity index (χ4v) is 1.56. The lowest BCUT2D eigenvalue weighted by molar-refractivity contribution is -0.385. The lowest BCUT2D eigenvalue weighted by atomic mass is 10.3. The number of nitrogens with one attached hydrogen (secondary N) is 1. The van der Waals surface area contributed by atoms with Crippen LogP contribution in [0.2, 0.25) is 0 Å². The minimum Gasteiger partial charge on any atom is -0.368 e. The van der Waals surface area contributed by atoms with Crippen LogP contribution < -0.4 is 5.32 Å². The third-order valence-electron chi connectivity index (χ3n) is 2.48. The summed E-state index contributed by atoms with van der Waals surface area (Å²) in [7, 11) is 3.98. The quantitative estimate of drug-likeness (QED) is 0.666. The Labute approximate surface area is 108 Å². The van der Waals surface area contributed by atoms with Gasteiger partial charge in [-0.25, -0.2) is 4.98 Å².